The normalized spacial score (nSPS) is 10.7. The Morgan fingerprint density at radius 2 is 1.60 bits per heavy atom. The van der Waals surface area contributed by atoms with Gasteiger partial charge in [0.05, 0.1) is 6.42 Å². The maximum Gasteiger partial charge on any atom is 0.231 e. The van der Waals surface area contributed by atoms with E-state index in [4.69, 9.17) is 4.74 Å². The van der Waals surface area contributed by atoms with Gasteiger partial charge in [-0.3, -0.25) is 4.79 Å². The lowest BCUT2D eigenvalue weighted by molar-refractivity contribution is -0.118. The maximum absolute atomic E-state index is 13.7. The van der Waals surface area contributed by atoms with Crippen LogP contribution < -0.4 is 9.64 Å². The number of aromatic hydroxyl groups is 1. The molecule has 0 heterocycles. The predicted molar refractivity (Wildman–Crippen MR) is 136 cm³/mol. The van der Waals surface area contributed by atoms with Gasteiger partial charge in [0, 0.05) is 12.2 Å². The van der Waals surface area contributed by atoms with Crippen molar-refractivity contribution in [2.75, 3.05) is 11.4 Å². The fourth-order valence-corrected chi connectivity index (χ4v) is 3.96. The van der Waals surface area contributed by atoms with Crippen LogP contribution >= 0.6 is 0 Å². The topological polar surface area (TPSA) is 49.8 Å². The predicted octanol–water partition coefficient (Wildman–Crippen LogP) is 6.24. The molecule has 1 amide bonds. The first kappa shape index (κ1) is 24.0. The molecule has 35 heavy (non-hydrogen) atoms. The van der Waals surface area contributed by atoms with Crippen LogP contribution in [0.5, 0.6) is 11.5 Å². The Bertz CT molecular complexity index is 1270. The third kappa shape index (κ3) is 6.70. The van der Waals surface area contributed by atoms with Crippen LogP contribution in [0.4, 0.5) is 10.1 Å². The van der Waals surface area contributed by atoms with Gasteiger partial charge >= 0.3 is 0 Å². The minimum absolute atomic E-state index is 0.0955. The summed E-state index contributed by atoms with van der Waals surface area (Å²) in [6.07, 6.45) is 0.790. The molecule has 0 saturated heterocycles. The number of hydrogen-bond donors (Lipinski definition) is 1. The zero-order valence-electron chi connectivity index (χ0n) is 19.7. The Morgan fingerprint density at radius 1 is 0.857 bits per heavy atom. The lowest BCUT2D eigenvalue weighted by Gasteiger charge is -2.25. The first-order chi connectivity index (χ1) is 17.0. The largest absolute Gasteiger partial charge is 0.508 e. The molecule has 4 rings (SSSR count). The number of ether oxygens (including phenoxy) is 1. The summed E-state index contributed by atoms with van der Waals surface area (Å²) >= 11 is 0. The van der Waals surface area contributed by atoms with Crippen molar-refractivity contribution in [1.82, 2.24) is 0 Å². The van der Waals surface area contributed by atoms with E-state index in [9.17, 15) is 14.3 Å². The van der Waals surface area contributed by atoms with Gasteiger partial charge in [-0.2, -0.15) is 0 Å². The number of phenols is 1. The molecular formula is C30H28FNO3. The molecule has 0 aliphatic heterocycles. The van der Waals surface area contributed by atoms with Crippen LogP contribution in [0.2, 0.25) is 0 Å². The first-order valence-electron chi connectivity index (χ1n) is 11.6. The van der Waals surface area contributed by atoms with Crippen LogP contribution in [-0.2, 0) is 24.2 Å². The number of amides is 1. The number of nitrogens with zero attached hydrogens (tertiary/aromatic N) is 1. The molecule has 0 spiro atoms. The van der Waals surface area contributed by atoms with E-state index in [1.165, 1.54) is 12.1 Å². The highest BCUT2D eigenvalue weighted by Crippen LogP contribution is 2.24. The summed E-state index contributed by atoms with van der Waals surface area (Å²) in [6, 6.07) is 28.9. The van der Waals surface area contributed by atoms with Gasteiger partial charge in [-0.1, -0.05) is 54.6 Å². The van der Waals surface area contributed by atoms with Crippen molar-refractivity contribution in [3.63, 3.8) is 0 Å². The Hall–Kier alpha value is -4.12. The maximum atomic E-state index is 13.7. The Kier molecular flexibility index (Phi) is 7.78. The van der Waals surface area contributed by atoms with Gasteiger partial charge in [0.15, 0.2) is 0 Å². The number of carbonyl (C=O) groups excluding carboxylic acids is 1. The smallest absolute Gasteiger partial charge is 0.231 e. The monoisotopic (exact) mass is 469 g/mol. The van der Waals surface area contributed by atoms with E-state index in [1.807, 2.05) is 54.6 Å². The lowest BCUT2D eigenvalue weighted by Crippen LogP contribution is -2.34. The quantitative estimate of drug-likeness (QED) is 0.316. The Balaban J connectivity index is 1.49. The number of phenolic OH excluding ortho intramolecular Hbond substituents is 1. The van der Waals surface area contributed by atoms with Crippen molar-refractivity contribution in [2.45, 2.75) is 26.4 Å². The molecule has 0 radical (unpaired) electrons. The van der Waals surface area contributed by atoms with E-state index in [2.05, 4.69) is 0 Å². The van der Waals surface area contributed by atoms with Crippen molar-refractivity contribution in [1.29, 1.82) is 0 Å². The number of benzene rings is 4. The average Bonchev–Trinajstić information content (AvgIpc) is 2.86. The van der Waals surface area contributed by atoms with Crippen molar-refractivity contribution < 1.29 is 19.0 Å². The molecule has 4 nitrogen and oxygen atoms in total. The van der Waals surface area contributed by atoms with Crippen LogP contribution in [0.15, 0.2) is 97.1 Å². The zero-order chi connectivity index (χ0) is 24.6. The van der Waals surface area contributed by atoms with Crippen LogP contribution in [0.3, 0.4) is 0 Å². The first-order valence-corrected chi connectivity index (χ1v) is 11.6. The summed E-state index contributed by atoms with van der Waals surface area (Å²) in [6.45, 7) is 2.72. The molecular weight excluding hydrogens is 441 g/mol. The van der Waals surface area contributed by atoms with Crippen LogP contribution in [-0.4, -0.2) is 17.6 Å². The SMILES string of the molecule is Cc1cc(F)ccc1N(CCc1cccc(OCc2ccccc2)c1)C(=O)Cc1ccc(O)cc1. The molecule has 4 aromatic rings. The summed E-state index contributed by atoms with van der Waals surface area (Å²) in [7, 11) is 0. The van der Waals surface area contributed by atoms with Gasteiger partial charge in [0.2, 0.25) is 5.91 Å². The molecule has 4 aromatic carbocycles. The fraction of sp³-hybridized carbons (Fsp3) is 0.167. The molecule has 0 unspecified atom stereocenters. The van der Waals surface area contributed by atoms with E-state index in [0.29, 0.717) is 30.8 Å². The fourth-order valence-electron chi connectivity index (χ4n) is 3.96. The second kappa shape index (κ2) is 11.3. The van der Waals surface area contributed by atoms with Crippen LogP contribution in [0.1, 0.15) is 22.3 Å². The van der Waals surface area contributed by atoms with Crippen molar-refractivity contribution in [3.8, 4) is 11.5 Å². The molecule has 0 aliphatic rings. The van der Waals surface area contributed by atoms with E-state index in [0.717, 1.165) is 22.4 Å². The molecule has 178 valence electrons. The summed E-state index contributed by atoms with van der Waals surface area (Å²) in [4.78, 5) is 15.0. The van der Waals surface area contributed by atoms with E-state index in [1.54, 1.807) is 42.2 Å². The molecule has 0 atom stereocenters. The van der Waals surface area contributed by atoms with Gasteiger partial charge in [-0.25, -0.2) is 4.39 Å². The molecule has 0 aliphatic carbocycles. The second-order valence-corrected chi connectivity index (χ2v) is 8.49. The highest BCUT2D eigenvalue weighted by atomic mass is 19.1. The third-order valence-corrected chi connectivity index (χ3v) is 5.81. The molecule has 0 aromatic heterocycles. The standard InChI is InChI=1S/C30H28FNO3/c1-22-18-26(31)12-15-29(22)32(30(34)20-24-10-13-27(33)14-11-24)17-16-23-8-5-9-28(19-23)35-21-25-6-3-2-4-7-25/h2-15,18-19,33H,16-17,20-21H2,1H3. The number of rotatable bonds is 9. The number of aryl methyl sites for hydroxylation is 1. The summed E-state index contributed by atoms with van der Waals surface area (Å²) in [5.74, 6) is 0.496. The van der Waals surface area contributed by atoms with Gasteiger partial charge in [0.1, 0.15) is 23.9 Å². The van der Waals surface area contributed by atoms with E-state index < -0.39 is 0 Å². The van der Waals surface area contributed by atoms with Gasteiger partial charge in [-0.05, 0) is 78.1 Å². The Morgan fingerprint density at radius 3 is 2.34 bits per heavy atom. The molecule has 1 N–H and O–H groups in total. The van der Waals surface area contributed by atoms with Crippen LogP contribution in [0, 0.1) is 12.7 Å². The molecule has 0 bridgehead atoms. The van der Waals surface area contributed by atoms with Gasteiger partial charge in [-0.15, -0.1) is 0 Å². The number of anilines is 1. The van der Waals surface area contributed by atoms with Crippen molar-refractivity contribution in [3.05, 3.63) is 125 Å². The molecule has 0 saturated carbocycles. The lowest BCUT2D eigenvalue weighted by atomic mass is 10.1. The third-order valence-electron chi connectivity index (χ3n) is 5.81. The summed E-state index contributed by atoms with van der Waals surface area (Å²) in [5.41, 5.74) is 4.32. The second-order valence-electron chi connectivity index (χ2n) is 8.49. The zero-order valence-corrected chi connectivity index (χ0v) is 19.7. The molecule has 0 fully saturated rings. The number of halogens is 1. The van der Waals surface area contributed by atoms with Crippen molar-refractivity contribution >= 4 is 11.6 Å². The van der Waals surface area contributed by atoms with Gasteiger partial charge in [0.25, 0.3) is 0 Å². The minimum Gasteiger partial charge on any atom is -0.508 e. The minimum atomic E-state index is -0.333. The van der Waals surface area contributed by atoms with E-state index >= 15 is 0 Å². The molecule has 5 heteroatoms. The van der Waals surface area contributed by atoms with Gasteiger partial charge < -0.3 is 14.7 Å². The number of carbonyl (C=O) groups is 1. The highest BCUT2D eigenvalue weighted by molar-refractivity contribution is 5.95. The van der Waals surface area contributed by atoms with E-state index in [-0.39, 0.29) is 23.9 Å². The number of hydrogen-bond acceptors (Lipinski definition) is 3. The summed E-state index contributed by atoms with van der Waals surface area (Å²) in [5, 5.41) is 9.53. The highest BCUT2D eigenvalue weighted by Gasteiger charge is 2.19. The van der Waals surface area contributed by atoms with Crippen molar-refractivity contribution in [2.24, 2.45) is 0 Å². The van der Waals surface area contributed by atoms with Crippen LogP contribution in [0.25, 0.3) is 0 Å². The Labute approximate surface area is 205 Å². The average molecular weight is 470 g/mol. The summed E-state index contributed by atoms with van der Waals surface area (Å²) < 4.78 is 19.7.